The second kappa shape index (κ2) is 6.25. The van der Waals surface area contributed by atoms with E-state index in [4.69, 9.17) is 5.73 Å². The summed E-state index contributed by atoms with van der Waals surface area (Å²) >= 11 is 0. The van der Waals surface area contributed by atoms with Gasteiger partial charge in [0.05, 0.1) is 0 Å². The van der Waals surface area contributed by atoms with Gasteiger partial charge in [-0.3, -0.25) is 0 Å². The molecule has 0 aliphatic heterocycles. The van der Waals surface area contributed by atoms with Crippen LogP contribution in [0.2, 0.25) is 0 Å². The number of nitrogens with two attached hydrogens (primary N) is 1. The van der Waals surface area contributed by atoms with Gasteiger partial charge in [-0.1, -0.05) is 30.3 Å². The largest absolute Gasteiger partial charge is 0.402 e. The Balaban J connectivity index is 2.40. The van der Waals surface area contributed by atoms with Crippen molar-refractivity contribution in [1.29, 1.82) is 0 Å². The Bertz CT molecular complexity index is 302. The van der Waals surface area contributed by atoms with E-state index >= 15 is 0 Å². The summed E-state index contributed by atoms with van der Waals surface area (Å²) in [6.07, 6.45) is 4.13. The van der Waals surface area contributed by atoms with Gasteiger partial charge in [0.15, 0.2) is 0 Å². The van der Waals surface area contributed by atoms with Crippen LogP contribution >= 0.6 is 0 Å². The van der Waals surface area contributed by atoms with Gasteiger partial charge in [0, 0.05) is 5.70 Å². The van der Waals surface area contributed by atoms with Gasteiger partial charge in [-0.15, -0.1) is 0 Å². The van der Waals surface area contributed by atoms with Gasteiger partial charge in [-0.2, -0.15) is 0 Å². The minimum Gasteiger partial charge on any atom is -0.402 e. The molecule has 0 aliphatic carbocycles. The zero-order chi connectivity index (χ0) is 11.1. The Morgan fingerprint density at radius 2 is 1.93 bits per heavy atom. The van der Waals surface area contributed by atoms with Crippen LogP contribution in [-0.2, 0) is 0 Å². The second-order valence-corrected chi connectivity index (χ2v) is 4.04. The van der Waals surface area contributed by atoms with Gasteiger partial charge in [0.1, 0.15) is 0 Å². The lowest BCUT2D eigenvalue weighted by atomic mass is 10.1. The van der Waals surface area contributed by atoms with Gasteiger partial charge in [0.2, 0.25) is 0 Å². The van der Waals surface area contributed by atoms with Crippen LogP contribution in [0.15, 0.2) is 36.0 Å². The van der Waals surface area contributed by atoms with E-state index in [0.29, 0.717) is 0 Å². The second-order valence-electron chi connectivity index (χ2n) is 4.04. The molecule has 0 radical (unpaired) electrons. The van der Waals surface area contributed by atoms with E-state index in [2.05, 4.69) is 37.2 Å². The summed E-state index contributed by atoms with van der Waals surface area (Å²) in [6.45, 7) is 1.09. The Morgan fingerprint density at radius 1 is 1.27 bits per heavy atom. The number of hydrogen-bond acceptors (Lipinski definition) is 2. The smallest absolute Gasteiger partial charge is 0.00869 e. The Kier molecular flexibility index (Phi) is 4.91. The van der Waals surface area contributed by atoms with Crippen molar-refractivity contribution >= 4 is 6.08 Å². The van der Waals surface area contributed by atoms with Crippen molar-refractivity contribution in [3.8, 4) is 0 Å². The molecular weight excluding hydrogens is 184 g/mol. The molecule has 15 heavy (non-hydrogen) atoms. The lowest BCUT2D eigenvalue weighted by Gasteiger charge is -2.08. The van der Waals surface area contributed by atoms with Gasteiger partial charge < -0.3 is 10.6 Å². The topological polar surface area (TPSA) is 29.3 Å². The fraction of sp³-hybridized carbons (Fsp3) is 0.385. The molecule has 2 nitrogen and oxygen atoms in total. The maximum atomic E-state index is 5.93. The molecular formula is C13H20N2. The maximum absolute atomic E-state index is 5.93. The summed E-state index contributed by atoms with van der Waals surface area (Å²) in [5.74, 6) is 0. The first-order valence-corrected chi connectivity index (χ1v) is 5.34. The van der Waals surface area contributed by atoms with Crippen molar-refractivity contribution in [3.05, 3.63) is 41.6 Å². The third kappa shape index (κ3) is 5.23. The highest BCUT2D eigenvalue weighted by molar-refractivity contribution is 5.51. The van der Waals surface area contributed by atoms with Crippen LogP contribution in [0, 0.1) is 0 Å². The number of nitrogens with zero attached hydrogens (tertiary/aromatic N) is 1. The van der Waals surface area contributed by atoms with E-state index in [9.17, 15) is 0 Å². The highest BCUT2D eigenvalue weighted by Gasteiger charge is 1.94. The quantitative estimate of drug-likeness (QED) is 0.797. The molecule has 1 aromatic rings. The van der Waals surface area contributed by atoms with E-state index in [-0.39, 0.29) is 0 Å². The summed E-state index contributed by atoms with van der Waals surface area (Å²) < 4.78 is 0. The first-order valence-electron chi connectivity index (χ1n) is 5.34. The molecule has 0 fully saturated rings. The van der Waals surface area contributed by atoms with Gasteiger partial charge in [-0.25, -0.2) is 0 Å². The molecule has 0 saturated carbocycles. The zero-order valence-corrected chi connectivity index (χ0v) is 9.61. The summed E-state index contributed by atoms with van der Waals surface area (Å²) in [5.41, 5.74) is 8.08. The average Bonchev–Trinajstić information content (AvgIpc) is 2.18. The molecule has 0 unspecified atom stereocenters. The molecule has 0 aliphatic rings. The van der Waals surface area contributed by atoms with Gasteiger partial charge >= 0.3 is 0 Å². The standard InChI is InChI=1S/C13H20N2/c1-15(2)10-6-9-13(14)11-12-7-4-3-5-8-12/h3-5,7-8,11H,6,9-10,14H2,1-2H3. The summed E-state index contributed by atoms with van der Waals surface area (Å²) in [5, 5.41) is 0. The number of hydrogen-bond donors (Lipinski definition) is 1. The maximum Gasteiger partial charge on any atom is 0.00869 e. The predicted octanol–water partition coefficient (Wildman–Crippen LogP) is 2.33. The summed E-state index contributed by atoms with van der Waals surface area (Å²) in [7, 11) is 4.16. The molecule has 0 saturated heterocycles. The summed E-state index contributed by atoms with van der Waals surface area (Å²) in [6, 6.07) is 10.2. The van der Waals surface area contributed by atoms with E-state index in [1.54, 1.807) is 0 Å². The van der Waals surface area contributed by atoms with Crippen molar-refractivity contribution < 1.29 is 0 Å². The fourth-order valence-electron chi connectivity index (χ4n) is 1.43. The third-order valence-electron chi connectivity index (χ3n) is 2.22. The van der Waals surface area contributed by atoms with E-state index in [1.807, 2.05) is 18.2 Å². The summed E-state index contributed by atoms with van der Waals surface area (Å²) in [4.78, 5) is 2.18. The molecule has 0 spiro atoms. The molecule has 0 aromatic heterocycles. The fourth-order valence-corrected chi connectivity index (χ4v) is 1.43. The van der Waals surface area contributed by atoms with Crippen LogP contribution in [-0.4, -0.2) is 25.5 Å². The van der Waals surface area contributed by atoms with Crippen LogP contribution in [0.1, 0.15) is 18.4 Å². The van der Waals surface area contributed by atoms with Crippen molar-refractivity contribution in [2.24, 2.45) is 5.73 Å². The van der Waals surface area contributed by atoms with Crippen LogP contribution in [0.5, 0.6) is 0 Å². The van der Waals surface area contributed by atoms with Crippen LogP contribution < -0.4 is 5.73 Å². The number of allylic oxidation sites excluding steroid dienone is 1. The van der Waals surface area contributed by atoms with Crippen molar-refractivity contribution in [3.63, 3.8) is 0 Å². The van der Waals surface area contributed by atoms with Gasteiger partial charge in [0.25, 0.3) is 0 Å². The SMILES string of the molecule is CN(C)CCCC(N)=Cc1ccccc1. The average molecular weight is 204 g/mol. The van der Waals surface area contributed by atoms with Crippen molar-refractivity contribution in [2.75, 3.05) is 20.6 Å². The van der Waals surface area contributed by atoms with Gasteiger partial charge in [-0.05, 0) is 45.1 Å². The Morgan fingerprint density at radius 3 is 2.53 bits per heavy atom. The van der Waals surface area contributed by atoms with Crippen LogP contribution in [0.3, 0.4) is 0 Å². The lowest BCUT2D eigenvalue weighted by molar-refractivity contribution is 0.400. The van der Waals surface area contributed by atoms with E-state index in [0.717, 1.165) is 25.1 Å². The molecule has 1 rings (SSSR count). The highest BCUT2D eigenvalue weighted by atomic mass is 15.0. The van der Waals surface area contributed by atoms with Crippen LogP contribution in [0.4, 0.5) is 0 Å². The lowest BCUT2D eigenvalue weighted by Crippen LogP contribution is -2.13. The monoisotopic (exact) mass is 204 g/mol. The zero-order valence-electron chi connectivity index (χ0n) is 9.61. The molecule has 0 atom stereocenters. The first-order chi connectivity index (χ1) is 7.18. The molecule has 1 aromatic carbocycles. The van der Waals surface area contributed by atoms with Crippen molar-refractivity contribution in [1.82, 2.24) is 4.90 Å². The normalized spacial score (nSPS) is 12.1. The number of rotatable bonds is 5. The molecule has 0 bridgehead atoms. The third-order valence-corrected chi connectivity index (χ3v) is 2.22. The van der Waals surface area contributed by atoms with Crippen LogP contribution in [0.25, 0.3) is 6.08 Å². The molecule has 82 valence electrons. The molecule has 0 amide bonds. The predicted molar refractivity (Wildman–Crippen MR) is 66.4 cm³/mol. The highest BCUT2D eigenvalue weighted by Crippen LogP contribution is 2.07. The Labute approximate surface area is 92.4 Å². The molecule has 0 heterocycles. The van der Waals surface area contributed by atoms with Crippen molar-refractivity contribution in [2.45, 2.75) is 12.8 Å². The first kappa shape index (κ1) is 11.8. The van der Waals surface area contributed by atoms with E-state index < -0.39 is 0 Å². The minimum atomic E-state index is 0.961. The molecule has 2 heteroatoms. The minimum absolute atomic E-state index is 0.961. The Hall–Kier alpha value is -1.28. The van der Waals surface area contributed by atoms with E-state index in [1.165, 1.54) is 5.56 Å². The number of benzene rings is 1. The molecule has 2 N–H and O–H groups in total.